The minimum Gasteiger partial charge on any atom is -0.460 e. The standard InChI is InChI=1S/C21H21Cl2NO.ClH/c1-2-6-20(15-7-4-3-5-8-15)24-14-17-10-12-21(25-17)18-13-16(22)9-11-19(18)23;/h3-5,7-13,20,24H,2,6,14H2,1H3;1H. The molecule has 2 nitrogen and oxygen atoms in total. The van der Waals surface area contributed by atoms with E-state index < -0.39 is 0 Å². The average molecular weight is 411 g/mol. The van der Waals surface area contributed by atoms with Crippen LogP contribution in [0.3, 0.4) is 0 Å². The SMILES string of the molecule is CCCC(NCc1ccc(-c2cc(Cl)ccc2Cl)o1)c1ccccc1.Cl. The van der Waals surface area contributed by atoms with Crippen LogP contribution in [0.25, 0.3) is 11.3 Å². The van der Waals surface area contributed by atoms with Gasteiger partial charge in [0.05, 0.1) is 11.6 Å². The van der Waals surface area contributed by atoms with Crippen molar-refractivity contribution in [1.29, 1.82) is 0 Å². The second-order valence-electron chi connectivity index (χ2n) is 6.02. The normalized spacial score (nSPS) is 11.8. The molecule has 0 saturated heterocycles. The zero-order valence-electron chi connectivity index (χ0n) is 14.5. The number of furan rings is 1. The van der Waals surface area contributed by atoms with Crippen LogP contribution in [0, 0.1) is 0 Å². The molecule has 26 heavy (non-hydrogen) atoms. The van der Waals surface area contributed by atoms with Gasteiger partial charge in [-0.1, -0.05) is 66.9 Å². The van der Waals surface area contributed by atoms with Crippen LogP contribution in [0.1, 0.15) is 37.1 Å². The van der Waals surface area contributed by atoms with Crippen LogP contribution >= 0.6 is 35.6 Å². The van der Waals surface area contributed by atoms with Crippen LogP contribution in [0.15, 0.2) is 65.1 Å². The van der Waals surface area contributed by atoms with Gasteiger partial charge in [-0.3, -0.25) is 0 Å². The number of benzene rings is 2. The van der Waals surface area contributed by atoms with Gasteiger partial charge in [0.2, 0.25) is 0 Å². The van der Waals surface area contributed by atoms with Gasteiger partial charge in [0, 0.05) is 16.6 Å². The fraction of sp³-hybridized carbons (Fsp3) is 0.238. The Hall–Kier alpha value is -1.45. The van der Waals surface area contributed by atoms with E-state index in [1.807, 2.05) is 24.3 Å². The van der Waals surface area contributed by atoms with E-state index >= 15 is 0 Å². The van der Waals surface area contributed by atoms with Gasteiger partial charge in [-0.25, -0.2) is 0 Å². The predicted octanol–water partition coefficient (Wildman–Crippen LogP) is 7.31. The van der Waals surface area contributed by atoms with Crippen molar-refractivity contribution in [3.63, 3.8) is 0 Å². The van der Waals surface area contributed by atoms with Crippen LogP contribution in [-0.2, 0) is 6.54 Å². The highest BCUT2D eigenvalue weighted by atomic mass is 35.5. The van der Waals surface area contributed by atoms with Crippen molar-refractivity contribution in [2.24, 2.45) is 0 Å². The molecule has 3 rings (SSSR count). The van der Waals surface area contributed by atoms with E-state index in [0.29, 0.717) is 22.6 Å². The van der Waals surface area contributed by atoms with Crippen molar-refractivity contribution < 1.29 is 4.42 Å². The summed E-state index contributed by atoms with van der Waals surface area (Å²) in [6, 6.07) is 20.1. The minimum atomic E-state index is 0. The van der Waals surface area contributed by atoms with E-state index in [-0.39, 0.29) is 12.4 Å². The van der Waals surface area contributed by atoms with E-state index in [0.717, 1.165) is 29.9 Å². The molecule has 0 fully saturated rings. The first-order valence-corrected chi connectivity index (χ1v) is 9.25. The molecule has 0 radical (unpaired) electrons. The van der Waals surface area contributed by atoms with Gasteiger partial charge in [0.25, 0.3) is 0 Å². The lowest BCUT2D eigenvalue weighted by Gasteiger charge is -2.18. The maximum Gasteiger partial charge on any atom is 0.135 e. The Kier molecular flexibility index (Phi) is 8.05. The zero-order valence-corrected chi connectivity index (χ0v) is 16.9. The Morgan fingerprint density at radius 2 is 1.77 bits per heavy atom. The first-order valence-electron chi connectivity index (χ1n) is 8.50. The van der Waals surface area contributed by atoms with Gasteiger partial charge >= 0.3 is 0 Å². The number of halogens is 3. The van der Waals surface area contributed by atoms with Gasteiger partial charge in [0.15, 0.2) is 0 Å². The van der Waals surface area contributed by atoms with Crippen molar-refractivity contribution in [2.45, 2.75) is 32.4 Å². The van der Waals surface area contributed by atoms with Gasteiger partial charge < -0.3 is 9.73 Å². The quantitative estimate of drug-likeness (QED) is 0.442. The van der Waals surface area contributed by atoms with Crippen molar-refractivity contribution >= 4 is 35.6 Å². The fourth-order valence-electron chi connectivity index (χ4n) is 2.89. The molecule has 2 aromatic carbocycles. The van der Waals surface area contributed by atoms with E-state index in [4.69, 9.17) is 27.6 Å². The largest absolute Gasteiger partial charge is 0.460 e. The first kappa shape index (κ1) is 20.9. The van der Waals surface area contributed by atoms with Crippen molar-refractivity contribution in [3.8, 4) is 11.3 Å². The monoisotopic (exact) mass is 409 g/mol. The van der Waals surface area contributed by atoms with E-state index in [9.17, 15) is 0 Å². The second-order valence-corrected chi connectivity index (χ2v) is 6.87. The topological polar surface area (TPSA) is 25.2 Å². The summed E-state index contributed by atoms with van der Waals surface area (Å²) < 4.78 is 5.96. The van der Waals surface area contributed by atoms with Crippen molar-refractivity contribution in [1.82, 2.24) is 5.32 Å². The molecule has 3 aromatic rings. The molecule has 0 spiro atoms. The molecule has 1 N–H and O–H groups in total. The maximum atomic E-state index is 6.25. The molecular formula is C21H22Cl3NO. The minimum absolute atomic E-state index is 0. The Balaban J connectivity index is 0.00000243. The lowest BCUT2D eigenvalue weighted by molar-refractivity contribution is 0.439. The molecular weight excluding hydrogens is 389 g/mol. The Bertz CT molecular complexity index is 817. The summed E-state index contributed by atoms with van der Waals surface area (Å²) in [6.45, 7) is 2.86. The molecule has 0 aliphatic carbocycles. The second kappa shape index (κ2) is 10.0. The van der Waals surface area contributed by atoms with Crippen LogP contribution in [0.4, 0.5) is 0 Å². The van der Waals surface area contributed by atoms with Gasteiger partial charge in [-0.2, -0.15) is 0 Å². The Morgan fingerprint density at radius 1 is 1.00 bits per heavy atom. The highest BCUT2D eigenvalue weighted by molar-refractivity contribution is 6.35. The highest BCUT2D eigenvalue weighted by Gasteiger charge is 2.13. The fourth-order valence-corrected chi connectivity index (χ4v) is 3.27. The van der Waals surface area contributed by atoms with Crippen molar-refractivity contribution in [2.75, 3.05) is 0 Å². The van der Waals surface area contributed by atoms with Gasteiger partial charge in [0.1, 0.15) is 11.5 Å². The summed E-state index contributed by atoms with van der Waals surface area (Å²) in [5, 5.41) is 4.86. The van der Waals surface area contributed by atoms with Crippen LogP contribution < -0.4 is 5.32 Å². The zero-order chi connectivity index (χ0) is 17.6. The third-order valence-corrected chi connectivity index (χ3v) is 4.72. The molecule has 1 unspecified atom stereocenters. The summed E-state index contributed by atoms with van der Waals surface area (Å²) in [4.78, 5) is 0. The summed E-state index contributed by atoms with van der Waals surface area (Å²) >= 11 is 12.3. The number of rotatable bonds is 7. The van der Waals surface area contributed by atoms with Gasteiger partial charge in [-0.05, 0) is 42.3 Å². The van der Waals surface area contributed by atoms with Gasteiger partial charge in [-0.15, -0.1) is 12.4 Å². The van der Waals surface area contributed by atoms with Crippen LogP contribution in [0.5, 0.6) is 0 Å². The molecule has 0 aliphatic rings. The Morgan fingerprint density at radius 3 is 2.50 bits per heavy atom. The molecule has 138 valence electrons. The van der Waals surface area contributed by atoms with E-state index in [2.05, 4.69) is 36.5 Å². The summed E-state index contributed by atoms with van der Waals surface area (Å²) in [6.07, 6.45) is 2.20. The van der Waals surface area contributed by atoms with Crippen LogP contribution in [-0.4, -0.2) is 0 Å². The average Bonchev–Trinajstić information content (AvgIpc) is 3.10. The first-order chi connectivity index (χ1) is 12.2. The lowest BCUT2D eigenvalue weighted by atomic mass is 10.0. The predicted molar refractivity (Wildman–Crippen MR) is 112 cm³/mol. The molecule has 5 heteroatoms. The van der Waals surface area contributed by atoms with E-state index in [1.165, 1.54) is 5.56 Å². The summed E-state index contributed by atoms with van der Waals surface area (Å²) in [5.74, 6) is 1.61. The molecule has 1 atom stereocenters. The van der Waals surface area contributed by atoms with Crippen molar-refractivity contribution in [3.05, 3.63) is 82.0 Å². The molecule has 0 saturated carbocycles. The summed E-state index contributed by atoms with van der Waals surface area (Å²) in [7, 11) is 0. The molecule has 0 bridgehead atoms. The smallest absolute Gasteiger partial charge is 0.135 e. The number of hydrogen-bond donors (Lipinski definition) is 1. The molecule has 1 heterocycles. The van der Waals surface area contributed by atoms with Crippen LogP contribution in [0.2, 0.25) is 10.0 Å². The molecule has 0 amide bonds. The molecule has 0 aliphatic heterocycles. The lowest BCUT2D eigenvalue weighted by Crippen LogP contribution is -2.20. The highest BCUT2D eigenvalue weighted by Crippen LogP contribution is 2.32. The maximum absolute atomic E-state index is 6.25. The summed E-state index contributed by atoms with van der Waals surface area (Å²) in [5.41, 5.74) is 2.11. The third kappa shape index (κ3) is 5.28. The number of nitrogens with one attached hydrogen (secondary N) is 1. The van der Waals surface area contributed by atoms with E-state index in [1.54, 1.807) is 12.1 Å². The molecule has 1 aromatic heterocycles. The third-order valence-electron chi connectivity index (χ3n) is 4.16. The Labute approximate surface area is 170 Å². The number of hydrogen-bond acceptors (Lipinski definition) is 2.